The van der Waals surface area contributed by atoms with Crippen LogP contribution >= 0.6 is 0 Å². The Bertz CT molecular complexity index is 411. The van der Waals surface area contributed by atoms with E-state index in [-0.39, 0.29) is 19.0 Å². The maximum atomic E-state index is 11.9. The Labute approximate surface area is 104 Å². The molecular weight excluding hydrogens is 238 g/mol. The predicted octanol–water partition coefficient (Wildman–Crippen LogP) is -1.49. The molecule has 1 aromatic heterocycles. The van der Waals surface area contributed by atoms with Gasteiger partial charge in [-0.25, -0.2) is 9.67 Å². The molecule has 0 atom stereocenters. The van der Waals surface area contributed by atoms with Crippen LogP contribution in [0.1, 0.15) is 0 Å². The number of hydrogen-bond donors (Lipinski definition) is 1. The van der Waals surface area contributed by atoms with Gasteiger partial charge < -0.3 is 10.0 Å². The van der Waals surface area contributed by atoms with Crippen LogP contribution in [0.4, 0.5) is 0 Å². The zero-order valence-corrected chi connectivity index (χ0v) is 9.90. The summed E-state index contributed by atoms with van der Waals surface area (Å²) in [7, 11) is 0. The second kappa shape index (κ2) is 5.58. The Morgan fingerprint density at radius 3 is 2.44 bits per heavy atom. The quantitative estimate of drug-likeness (QED) is 0.702. The van der Waals surface area contributed by atoms with Crippen LogP contribution in [0.5, 0.6) is 0 Å². The molecule has 8 heteroatoms. The number of carbonyl (C=O) groups excluding carboxylic acids is 1. The maximum Gasteiger partial charge on any atom is 0.317 e. The lowest BCUT2D eigenvalue weighted by molar-refractivity contribution is -0.139. The van der Waals surface area contributed by atoms with Crippen molar-refractivity contribution < 1.29 is 14.7 Å². The van der Waals surface area contributed by atoms with Gasteiger partial charge in [-0.2, -0.15) is 5.10 Å². The Balaban J connectivity index is 1.79. The monoisotopic (exact) mass is 253 g/mol. The van der Waals surface area contributed by atoms with Crippen LogP contribution in [0, 0.1) is 0 Å². The van der Waals surface area contributed by atoms with Gasteiger partial charge >= 0.3 is 5.97 Å². The molecule has 8 nitrogen and oxygen atoms in total. The lowest BCUT2D eigenvalue weighted by atomic mass is 10.3. The fraction of sp³-hybridized carbons (Fsp3) is 0.600. The summed E-state index contributed by atoms with van der Waals surface area (Å²) in [5.74, 6) is -0.854. The molecule has 0 unspecified atom stereocenters. The summed E-state index contributed by atoms with van der Waals surface area (Å²) in [6.45, 7) is 2.51. The normalized spacial score (nSPS) is 16.8. The molecule has 2 heterocycles. The third-order valence-corrected chi connectivity index (χ3v) is 2.85. The van der Waals surface area contributed by atoms with E-state index < -0.39 is 5.97 Å². The highest BCUT2D eigenvalue weighted by Crippen LogP contribution is 2.02. The molecule has 1 fully saturated rings. The van der Waals surface area contributed by atoms with Gasteiger partial charge in [-0.05, 0) is 0 Å². The third-order valence-electron chi connectivity index (χ3n) is 2.85. The smallest absolute Gasteiger partial charge is 0.317 e. The van der Waals surface area contributed by atoms with E-state index in [1.54, 1.807) is 4.90 Å². The lowest BCUT2D eigenvalue weighted by Crippen LogP contribution is -2.50. The molecule has 0 spiro atoms. The lowest BCUT2D eigenvalue weighted by Gasteiger charge is -2.33. The molecule has 0 aromatic carbocycles. The fourth-order valence-electron chi connectivity index (χ4n) is 1.90. The zero-order valence-electron chi connectivity index (χ0n) is 9.90. The van der Waals surface area contributed by atoms with E-state index >= 15 is 0 Å². The standard InChI is InChI=1S/C10H15N5O3/c16-9(5-15-8-11-7-12-15)14-3-1-13(2-4-14)6-10(17)18/h7-8H,1-6H2,(H,17,18). The van der Waals surface area contributed by atoms with Crippen molar-refractivity contribution in [3.63, 3.8) is 0 Å². The number of rotatable bonds is 4. The average Bonchev–Trinajstić information content (AvgIpc) is 2.82. The molecule has 1 saturated heterocycles. The number of carboxylic acid groups (broad SMARTS) is 1. The van der Waals surface area contributed by atoms with Crippen molar-refractivity contribution in [2.24, 2.45) is 0 Å². The second-order valence-electron chi connectivity index (χ2n) is 4.14. The molecule has 1 aliphatic heterocycles. The van der Waals surface area contributed by atoms with Gasteiger partial charge in [0.1, 0.15) is 19.2 Å². The highest BCUT2D eigenvalue weighted by molar-refractivity contribution is 5.76. The first-order valence-corrected chi connectivity index (χ1v) is 5.69. The van der Waals surface area contributed by atoms with Crippen LogP contribution in [0.3, 0.4) is 0 Å². The highest BCUT2D eigenvalue weighted by Gasteiger charge is 2.22. The predicted molar refractivity (Wildman–Crippen MR) is 60.7 cm³/mol. The van der Waals surface area contributed by atoms with Crippen LogP contribution in [0.2, 0.25) is 0 Å². The van der Waals surface area contributed by atoms with Crippen LogP contribution < -0.4 is 0 Å². The Kier molecular flexibility index (Phi) is 3.88. The van der Waals surface area contributed by atoms with Crippen molar-refractivity contribution in [3.8, 4) is 0 Å². The fourth-order valence-corrected chi connectivity index (χ4v) is 1.90. The van der Waals surface area contributed by atoms with Crippen molar-refractivity contribution in [2.75, 3.05) is 32.7 Å². The van der Waals surface area contributed by atoms with E-state index in [1.165, 1.54) is 17.3 Å². The van der Waals surface area contributed by atoms with E-state index in [2.05, 4.69) is 10.1 Å². The van der Waals surface area contributed by atoms with Crippen molar-refractivity contribution in [1.29, 1.82) is 0 Å². The van der Waals surface area contributed by atoms with E-state index in [9.17, 15) is 9.59 Å². The van der Waals surface area contributed by atoms with Crippen molar-refractivity contribution in [3.05, 3.63) is 12.7 Å². The topological polar surface area (TPSA) is 91.6 Å². The molecule has 0 radical (unpaired) electrons. The number of hydrogen-bond acceptors (Lipinski definition) is 5. The van der Waals surface area contributed by atoms with Crippen LogP contribution in [-0.4, -0.2) is 74.3 Å². The number of aromatic nitrogens is 3. The number of amides is 1. The van der Waals surface area contributed by atoms with E-state index in [1.807, 2.05) is 4.90 Å². The number of aliphatic carboxylic acids is 1. The van der Waals surface area contributed by atoms with Crippen LogP contribution in [-0.2, 0) is 16.1 Å². The number of nitrogens with zero attached hydrogens (tertiary/aromatic N) is 5. The maximum absolute atomic E-state index is 11.9. The minimum Gasteiger partial charge on any atom is -0.480 e. The first-order chi connectivity index (χ1) is 8.65. The molecule has 1 amide bonds. The molecular formula is C10H15N5O3. The second-order valence-corrected chi connectivity index (χ2v) is 4.14. The van der Waals surface area contributed by atoms with E-state index in [4.69, 9.17) is 5.11 Å². The van der Waals surface area contributed by atoms with E-state index in [0.29, 0.717) is 26.2 Å². The number of carboxylic acids is 1. The minimum atomic E-state index is -0.836. The molecule has 98 valence electrons. The molecule has 2 rings (SSSR count). The summed E-state index contributed by atoms with van der Waals surface area (Å²) in [5, 5.41) is 12.5. The van der Waals surface area contributed by atoms with Crippen molar-refractivity contribution >= 4 is 11.9 Å². The van der Waals surface area contributed by atoms with Gasteiger partial charge in [0.25, 0.3) is 0 Å². The van der Waals surface area contributed by atoms with Crippen molar-refractivity contribution in [2.45, 2.75) is 6.54 Å². The van der Waals surface area contributed by atoms with Crippen LogP contribution in [0.25, 0.3) is 0 Å². The van der Waals surface area contributed by atoms with Crippen LogP contribution in [0.15, 0.2) is 12.7 Å². The Morgan fingerprint density at radius 1 is 1.17 bits per heavy atom. The molecule has 0 aliphatic carbocycles. The molecule has 0 saturated carbocycles. The molecule has 1 N–H and O–H groups in total. The first kappa shape index (κ1) is 12.5. The van der Waals surface area contributed by atoms with Gasteiger partial charge in [0.05, 0.1) is 6.54 Å². The van der Waals surface area contributed by atoms with Gasteiger partial charge in [-0.3, -0.25) is 14.5 Å². The zero-order chi connectivity index (χ0) is 13.0. The minimum absolute atomic E-state index is 0.0181. The van der Waals surface area contributed by atoms with Crippen molar-refractivity contribution in [1.82, 2.24) is 24.6 Å². The Morgan fingerprint density at radius 2 is 1.89 bits per heavy atom. The highest BCUT2D eigenvalue weighted by atomic mass is 16.4. The summed E-state index contributed by atoms with van der Waals surface area (Å²) in [6.07, 6.45) is 2.89. The molecule has 18 heavy (non-hydrogen) atoms. The molecule has 1 aliphatic rings. The molecule has 1 aromatic rings. The average molecular weight is 253 g/mol. The van der Waals surface area contributed by atoms with E-state index in [0.717, 1.165) is 0 Å². The third kappa shape index (κ3) is 3.27. The summed E-state index contributed by atoms with van der Waals surface area (Å²) in [5.41, 5.74) is 0. The summed E-state index contributed by atoms with van der Waals surface area (Å²) < 4.78 is 1.48. The summed E-state index contributed by atoms with van der Waals surface area (Å²) in [4.78, 5) is 29.8. The largest absolute Gasteiger partial charge is 0.480 e. The van der Waals surface area contributed by atoms with Gasteiger partial charge in [-0.15, -0.1) is 0 Å². The summed E-state index contributed by atoms with van der Waals surface area (Å²) >= 11 is 0. The summed E-state index contributed by atoms with van der Waals surface area (Å²) in [6, 6.07) is 0. The first-order valence-electron chi connectivity index (χ1n) is 5.69. The molecule has 0 bridgehead atoms. The SMILES string of the molecule is O=C(O)CN1CCN(C(=O)Cn2cncn2)CC1. The van der Waals surface area contributed by atoms with Gasteiger partial charge in [-0.1, -0.05) is 0 Å². The van der Waals surface area contributed by atoms with Gasteiger partial charge in [0.15, 0.2) is 0 Å². The Hall–Kier alpha value is -1.96. The number of carbonyl (C=O) groups is 2. The van der Waals surface area contributed by atoms with Gasteiger partial charge in [0.2, 0.25) is 5.91 Å². The number of piperazine rings is 1. The van der Waals surface area contributed by atoms with Gasteiger partial charge in [0, 0.05) is 26.2 Å².